The van der Waals surface area contributed by atoms with Crippen LogP contribution in [0.1, 0.15) is 18.0 Å². The minimum atomic E-state index is -3.64. The number of carbonyl (C=O) groups is 1. The maximum Gasteiger partial charge on any atom is 0.586 e. The summed E-state index contributed by atoms with van der Waals surface area (Å²) in [4.78, 5) is 12.4. The third-order valence-electron chi connectivity index (χ3n) is 3.93. The normalized spacial score (nSPS) is 19.4. The quantitative estimate of drug-likeness (QED) is 0.828. The van der Waals surface area contributed by atoms with Gasteiger partial charge in [-0.05, 0) is 30.3 Å². The summed E-state index contributed by atoms with van der Waals surface area (Å²) in [6.07, 6.45) is -4.17. The molecule has 4 rings (SSSR count). The molecule has 1 amide bonds. The minimum absolute atomic E-state index is 0.00397. The summed E-state index contributed by atoms with van der Waals surface area (Å²) in [6, 6.07) is 9.68. The average molecular weight is 381 g/mol. The van der Waals surface area contributed by atoms with E-state index >= 15 is 0 Å². The van der Waals surface area contributed by atoms with Crippen molar-refractivity contribution < 1.29 is 32.9 Å². The molecular formula is C17H13F2NO5S. The first-order valence-electron chi connectivity index (χ1n) is 7.73. The number of alkyl halides is 2. The van der Waals surface area contributed by atoms with Gasteiger partial charge in [0, 0.05) is 21.8 Å². The molecule has 0 bridgehead atoms. The lowest BCUT2D eigenvalue weighted by atomic mass is 10.0. The fourth-order valence-corrected chi connectivity index (χ4v) is 3.74. The lowest BCUT2D eigenvalue weighted by molar-refractivity contribution is -0.286. The average Bonchev–Trinajstić information content (AvgIpc) is 2.87. The molecule has 0 spiro atoms. The first-order chi connectivity index (χ1) is 12.4. The van der Waals surface area contributed by atoms with Gasteiger partial charge in [-0.2, -0.15) is 0 Å². The highest BCUT2D eigenvalue weighted by Gasteiger charge is 2.43. The molecule has 136 valence electrons. The van der Waals surface area contributed by atoms with E-state index in [-0.39, 0.29) is 17.5 Å². The van der Waals surface area contributed by atoms with Crippen LogP contribution >= 0.6 is 11.8 Å². The largest absolute Gasteiger partial charge is 0.586 e. The maximum atomic E-state index is 13.1. The summed E-state index contributed by atoms with van der Waals surface area (Å²) in [6.45, 7) is 0.408. The molecule has 26 heavy (non-hydrogen) atoms. The van der Waals surface area contributed by atoms with Gasteiger partial charge in [-0.3, -0.25) is 0 Å². The van der Waals surface area contributed by atoms with Crippen LogP contribution in [0.4, 0.5) is 13.6 Å². The van der Waals surface area contributed by atoms with Gasteiger partial charge in [0.15, 0.2) is 11.5 Å². The first kappa shape index (κ1) is 16.8. The predicted molar refractivity (Wildman–Crippen MR) is 87.2 cm³/mol. The number of carboxylic acid groups (broad SMARTS) is 1. The number of halogens is 2. The van der Waals surface area contributed by atoms with Crippen LogP contribution in [0, 0.1) is 0 Å². The van der Waals surface area contributed by atoms with E-state index in [0.29, 0.717) is 23.7 Å². The van der Waals surface area contributed by atoms with Crippen molar-refractivity contribution in [2.24, 2.45) is 0 Å². The SMILES string of the molecule is O=C(O)NC1CCOc2cc(Sc3ccc4c(c3)OC(F)(F)O4)ccc21. The van der Waals surface area contributed by atoms with Crippen LogP contribution < -0.4 is 19.5 Å². The molecule has 1 unspecified atom stereocenters. The van der Waals surface area contributed by atoms with Crippen LogP contribution in [0.2, 0.25) is 0 Å². The van der Waals surface area contributed by atoms with E-state index in [9.17, 15) is 13.6 Å². The summed E-state index contributed by atoms with van der Waals surface area (Å²) in [5, 5.41) is 11.4. The Balaban J connectivity index is 1.54. The van der Waals surface area contributed by atoms with E-state index in [1.807, 2.05) is 6.07 Å². The van der Waals surface area contributed by atoms with Gasteiger partial charge in [-0.15, -0.1) is 8.78 Å². The van der Waals surface area contributed by atoms with Crippen molar-refractivity contribution in [3.63, 3.8) is 0 Å². The molecule has 2 aromatic carbocycles. The maximum absolute atomic E-state index is 13.1. The van der Waals surface area contributed by atoms with Crippen molar-refractivity contribution in [2.45, 2.75) is 28.5 Å². The van der Waals surface area contributed by atoms with Gasteiger partial charge in [-0.1, -0.05) is 17.8 Å². The highest BCUT2D eigenvalue weighted by atomic mass is 32.2. The Morgan fingerprint density at radius 3 is 2.58 bits per heavy atom. The van der Waals surface area contributed by atoms with E-state index in [4.69, 9.17) is 9.84 Å². The number of hydrogen-bond acceptors (Lipinski definition) is 5. The van der Waals surface area contributed by atoms with Crippen molar-refractivity contribution in [3.05, 3.63) is 42.0 Å². The van der Waals surface area contributed by atoms with Gasteiger partial charge in [0.1, 0.15) is 5.75 Å². The van der Waals surface area contributed by atoms with Crippen molar-refractivity contribution >= 4 is 17.9 Å². The molecule has 0 aliphatic carbocycles. The Hall–Kier alpha value is -2.68. The van der Waals surface area contributed by atoms with E-state index in [2.05, 4.69) is 14.8 Å². The Bertz CT molecular complexity index is 876. The second-order valence-electron chi connectivity index (χ2n) is 5.72. The third-order valence-corrected chi connectivity index (χ3v) is 4.91. The molecule has 2 aliphatic rings. The van der Waals surface area contributed by atoms with Crippen LogP contribution in [-0.4, -0.2) is 24.1 Å². The monoisotopic (exact) mass is 381 g/mol. The van der Waals surface area contributed by atoms with Crippen LogP contribution in [0.5, 0.6) is 17.2 Å². The number of nitrogens with one attached hydrogen (secondary N) is 1. The molecule has 0 aromatic heterocycles. The summed E-state index contributed by atoms with van der Waals surface area (Å²) >= 11 is 1.34. The Morgan fingerprint density at radius 1 is 1.12 bits per heavy atom. The van der Waals surface area contributed by atoms with E-state index < -0.39 is 12.4 Å². The number of ether oxygens (including phenoxy) is 3. The summed E-state index contributed by atoms with van der Waals surface area (Å²) in [7, 11) is 0. The Labute approximate surface area is 151 Å². The fraction of sp³-hybridized carbons (Fsp3) is 0.235. The first-order valence-corrected chi connectivity index (χ1v) is 8.55. The molecule has 6 nitrogen and oxygen atoms in total. The van der Waals surface area contributed by atoms with E-state index in [0.717, 1.165) is 10.5 Å². The second-order valence-corrected chi connectivity index (χ2v) is 6.86. The lowest BCUT2D eigenvalue weighted by Crippen LogP contribution is -2.30. The van der Waals surface area contributed by atoms with Crippen LogP contribution in [-0.2, 0) is 0 Å². The van der Waals surface area contributed by atoms with Crippen LogP contribution in [0.15, 0.2) is 46.2 Å². The summed E-state index contributed by atoms with van der Waals surface area (Å²) in [5.74, 6) is 0.586. The van der Waals surface area contributed by atoms with Gasteiger partial charge in [-0.25, -0.2) is 4.79 Å². The van der Waals surface area contributed by atoms with Crippen LogP contribution in [0.3, 0.4) is 0 Å². The third kappa shape index (κ3) is 3.34. The van der Waals surface area contributed by atoms with Crippen molar-refractivity contribution in [1.82, 2.24) is 5.32 Å². The summed E-state index contributed by atoms with van der Waals surface area (Å²) in [5.41, 5.74) is 0.772. The molecule has 9 heteroatoms. The molecule has 0 fully saturated rings. The molecule has 2 heterocycles. The molecule has 2 aliphatic heterocycles. The fourth-order valence-electron chi connectivity index (χ4n) is 2.86. The molecule has 0 saturated heterocycles. The zero-order chi connectivity index (χ0) is 18.3. The molecule has 2 N–H and O–H groups in total. The highest BCUT2D eigenvalue weighted by Crippen LogP contribution is 2.44. The topological polar surface area (TPSA) is 77.0 Å². The standard InChI is InChI=1S/C17H13F2NO5S/c18-17(19)24-13-4-2-10(8-15(13)25-17)26-9-1-3-11-12(20-16(21)22)5-6-23-14(11)7-9/h1-4,7-8,12,20H,5-6H2,(H,21,22). The zero-order valence-electron chi connectivity index (χ0n) is 13.2. The van der Waals surface area contributed by atoms with Gasteiger partial charge >= 0.3 is 12.4 Å². The highest BCUT2D eigenvalue weighted by molar-refractivity contribution is 7.99. The molecule has 0 radical (unpaired) electrons. The lowest BCUT2D eigenvalue weighted by Gasteiger charge is -2.26. The van der Waals surface area contributed by atoms with E-state index in [1.54, 1.807) is 18.2 Å². The number of benzene rings is 2. The van der Waals surface area contributed by atoms with Crippen molar-refractivity contribution in [3.8, 4) is 17.2 Å². The molecular weight excluding hydrogens is 368 g/mol. The minimum Gasteiger partial charge on any atom is -0.493 e. The van der Waals surface area contributed by atoms with Gasteiger partial charge < -0.3 is 24.6 Å². The van der Waals surface area contributed by atoms with Gasteiger partial charge in [0.05, 0.1) is 12.6 Å². The van der Waals surface area contributed by atoms with Crippen molar-refractivity contribution in [1.29, 1.82) is 0 Å². The zero-order valence-corrected chi connectivity index (χ0v) is 14.0. The number of fused-ring (bicyclic) bond motifs is 2. The van der Waals surface area contributed by atoms with Crippen LogP contribution in [0.25, 0.3) is 0 Å². The van der Waals surface area contributed by atoms with Crippen molar-refractivity contribution in [2.75, 3.05) is 6.61 Å². The van der Waals surface area contributed by atoms with E-state index in [1.165, 1.54) is 23.9 Å². The Morgan fingerprint density at radius 2 is 1.81 bits per heavy atom. The molecule has 1 atom stereocenters. The number of rotatable bonds is 3. The van der Waals surface area contributed by atoms with Gasteiger partial charge in [0.2, 0.25) is 0 Å². The summed E-state index contributed by atoms with van der Waals surface area (Å²) < 4.78 is 40.7. The second kappa shape index (κ2) is 6.24. The van der Waals surface area contributed by atoms with Gasteiger partial charge in [0.25, 0.3) is 0 Å². The predicted octanol–water partition coefficient (Wildman–Crippen LogP) is 4.25. The molecule has 0 saturated carbocycles. The number of hydrogen-bond donors (Lipinski definition) is 2. The Kier molecular flexibility index (Phi) is 4.03. The molecule has 2 aromatic rings. The number of amides is 1. The smallest absolute Gasteiger partial charge is 0.493 e.